The Kier molecular flexibility index (Phi) is 7.13. The summed E-state index contributed by atoms with van der Waals surface area (Å²) in [4.78, 5) is 3.99. The van der Waals surface area contributed by atoms with E-state index in [1.54, 1.807) is 21.0 Å². The van der Waals surface area contributed by atoms with E-state index in [0.29, 0.717) is 12.5 Å². The van der Waals surface area contributed by atoms with Crippen LogP contribution in [0.1, 0.15) is 12.5 Å². The van der Waals surface area contributed by atoms with E-state index in [1.807, 2.05) is 30.3 Å². The number of hydrogen-bond acceptors (Lipinski definition) is 2. The lowest BCUT2D eigenvalue weighted by Crippen LogP contribution is -2.43. The Labute approximate surface area is 120 Å². The van der Waals surface area contributed by atoms with Gasteiger partial charge in [0.1, 0.15) is 5.60 Å². The summed E-state index contributed by atoms with van der Waals surface area (Å²) in [5, 5.41) is 16.2. The third kappa shape index (κ3) is 4.91. The molecule has 0 radical (unpaired) electrons. The van der Waals surface area contributed by atoms with Crippen LogP contribution in [0.4, 0.5) is 0 Å². The van der Waals surface area contributed by atoms with Gasteiger partial charge in [-0.05, 0) is 12.5 Å². The van der Waals surface area contributed by atoms with Gasteiger partial charge in [-0.15, -0.1) is 24.0 Å². The van der Waals surface area contributed by atoms with Gasteiger partial charge in [0.25, 0.3) is 0 Å². The van der Waals surface area contributed by atoms with Gasteiger partial charge in [-0.25, -0.2) is 0 Å². The Morgan fingerprint density at radius 3 is 2.41 bits per heavy atom. The van der Waals surface area contributed by atoms with Crippen molar-refractivity contribution in [2.45, 2.75) is 12.5 Å². The molecule has 0 heterocycles. The van der Waals surface area contributed by atoms with Gasteiger partial charge in [-0.3, -0.25) is 4.99 Å². The summed E-state index contributed by atoms with van der Waals surface area (Å²) in [6.45, 7) is 2.18. The molecule has 1 unspecified atom stereocenters. The van der Waals surface area contributed by atoms with Crippen LogP contribution in [0.5, 0.6) is 0 Å². The zero-order valence-electron chi connectivity index (χ0n) is 10.4. The lowest BCUT2D eigenvalue weighted by atomic mass is 9.96. The van der Waals surface area contributed by atoms with Crippen molar-refractivity contribution in [3.8, 4) is 0 Å². The second kappa shape index (κ2) is 7.50. The Hall–Kier alpha value is -0.820. The number of aliphatic hydroxyl groups is 1. The molecule has 1 aromatic carbocycles. The van der Waals surface area contributed by atoms with Gasteiger partial charge in [-0.2, -0.15) is 0 Å². The molecule has 17 heavy (non-hydrogen) atoms. The van der Waals surface area contributed by atoms with Crippen LogP contribution in [0.2, 0.25) is 0 Å². The molecule has 5 heteroatoms. The second-order valence-electron chi connectivity index (χ2n) is 3.82. The molecule has 0 bridgehead atoms. The molecule has 1 aromatic rings. The summed E-state index contributed by atoms with van der Waals surface area (Å²) in [5.41, 5.74) is -0.0253. The summed E-state index contributed by atoms with van der Waals surface area (Å²) < 4.78 is 0. The van der Waals surface area contributed by atoms with E-state index >= 15 is 0 Å². The highest BCUT2D eigenvalue weighted by molar-refractivity contribution is 14.0. The zero-order chi connectivity index (χ0) is 12.0. The molecule has 0 aliphatic rings. The summed E-state index contributed by atoms with van der Waals surface area (Å²) in [6.07, 6.45) is 0. The molecular weight excluding hydrogens is 329 g/mol. The number of halogens is 1. The van der Waals surface area contributed by atoms with E-state index in [9.17, 15) is 5.11 Å². The molecule has 96 valence electrons. The Morgan fingerprint density at radius 1 is 1.35 bits per heavy atom. The number of aliphatic imine (C=N–C) groups is 1. The zero-order valence-corrected chi connectivity index (χ0v) is 12.7. The van der Waals surface area contributed by atoms with Crippen molar-refractivity contribution in [3.05, 3.63) is 35.9 Å². The molecule has 0 fully saturated rings. The fourth-order valence-corrected chi connectivity index (χ4v) is 1.43. The average Bonchev–Trinajstić information content (AvgIpc) is 2.31. The van der Waals surface area contributed by atoms with E-state index in [1.165, 1.54) is 0 Å². The summed E-state index contributed by atoms with van der Waals surface area (Å²) >= 11 is 0. The van der Waals surface area contributed by atoms with E-state index in [2.05, 4.69) is 15.6 Å². The number of rotatable bonds is 3. The van der Waals surface area contributed by atoms with Crippen LogP contribution < -0.4 is 10.6 Å². The van der Waals surface area contributed by atoms with Crippen molar-refractivity contribution in [3.63, 3.8) is 0 Å². The topological polar surface area (TPSA) is 56.7 Å². The predicted octanol–water partition coefficient (Wildman–Crippen LogP) is 1.31. The molecule has 1 atom stereocenters. The molecule has 3 N–H and O–H groups in total. The monoisotopic (exact) mass is 349 g/mol. The summed E-state index contributed by atoms with van der Waals surface area (Å²) in [6, 6.07) is 9.57. The molecule has 0 amide bonds. The first-order valence-corrected chi connectivity index (χ1v) is 5.26. The first-order valence-electron chi connectivity index (χ1n) is 5.26. The maximum atomic E-state index is 10.3. The first-order chi connectivity index (χ1) is 7.60. The fourth-order valence-electron chi connectivity index (χ4n) is 1.43. The van der Waals surface area contributed by atoms with Crippen molar-refractivity contribution >= 4 is 29.9 Å². The molecular formula is C12H20IN3O. The maximum absolute atomic E-state index is 10.3. The van der Waals surface area contributed by atoms with Gasteiger partial charge in [0.15, 0.2) is 5.96 Å². The van der Waals surface area contributed by atoms with Crippen molar-refractivity contribution in [1.82, 2.24) is 10.6 Å². The highest BCUT2D eigenvalue weighted by Gasteiger charge is 2.22. The highest BCUT2D eigenvalue weighted by atomic mass is 127. The van der Waals surface area contributed by atoms with Crippen LogP contribution >= 0.6 is 24.0 Å². The average molecular weight is 349 g/mol. The molecule has 0 spiro atoms. The summed E-state index contributed by atoms with van der Waals surface area (Å²) in [7, 11) is 3.47. The van der Waals surface area contributed by atoms with E-state index < -0.39 is 5.60 Å². The van der Waals surface area contributed by atoms with Crippen LogP contribution in [-0.4, -0.2) is 31.7 Å². The SMILES string of the molecule is CN=C(NC)NCC(C)(O)c1ccccc1.I. The van der Waals surface area contributed by atoms with Crippen LogP contribution in [-0.2, 0) is 5.60 Å². The minimum atomic E-state index is -0.909. The van der Waals surface area contributed by atoms with Gasteiger partial charge in [-0.1, -0.05) is 30.3 Å². The van der Waals surface area contributed by atoms with Crippen molar-refractivity contribution in [2.24, 2.45) is 4.99 Å². The number of nitrogens with zero attached hydrogens (tertiary/aromatic N) is 1. The second-order valence-corrected chi connectivity index (χ2v) is 3.82. The highest BCUT2D eigenvalue weighted by Crippen LogP contribution is 2.18. The Balaban J connectivity index is 0.00000256. The first kappa shape index (κ1) is 16.2. The number of guanidine groups is 1. The quantitative estimate of drug-likeness (QED) is 0.438. The van der Waals surface area contributed by atoms with Gasteiger partial charge in [0.2, 0.25) is 0 Å². The standard InChI is InChI=1S/C12H19N3O.HI/c1-12(16,9-15-11(13-2)14-3)10-7-5-4-6-8-10;/h4-8,16H,9H2,1-3H3,(H2,13,14,15);1H. The van der Waals surface area contributed by atoms with Gasteiger partial charge in [0.05, 0.1) is 6.54 Å². The fraction of sp³-hybridized carbons (Fsp3) is 0.417. The third-order valence-corrected chi connectivity index (χ3v) is 2.46. The van der Waals surface area contributed by atoms with Crippen LogP contribution in [0.25, 0.3) is 0 Å². The van der Waals surface area contributed by atoms with Crippen LogP contribution in [0.15, 0.2) is 35.3 Å². The van der Waals surface area contributed by atoms with Crippen molar-refractivity contribution in [1.29, 1.82) is 0 Å². The van der Waals surface area contributed by atoms with E-state index in [4.69, 9.17) is 0 Å². The van der Waals surface area contributed by atoms with Crippen LogP contribution in [0.3, 0.4) is 0 Å². The minimum Gasteiger partial charge on any atom is -0.384 e. The number of benzene rings is 1. The molecule has 0 aliphatic heterocycles. The van der Waals surface area contributed by atoms with Gasteiger partial charge in [0, 0.05) is 14.1 Å². The Morgan fingerprint density at radius 2 is 1.94 bits per heavy atom. The van der Waals surface area contributed by atoms with Crippen molar-refractivity contribution in [2.75, 3.05) is 20.6 Å². The number of nitrogens with one attached hydrogen (secondary N) is 2. The molecule has 0 saturated carbocycles. The molecule has 0 saturated heterocycles. The molecule has 1 rings (SSSR count). The van der Waals surface area contributed by atoms with Crippen LogP contribution in [0, 0.1) is 0 Å². The molecule has 0 aliphatic carbocycles. The maximum Gasteiger partial charge on any atom is 0.190 e. The lowest BCUT2D eigenvalue weighted by Gasteiger charge is -2.25. The van der Waals surface area contributed by atoms with Gasteiger partial charge < -0.3 is 15.7 Å². The largest absolute Gasteiger partial charge is 0.384 e. The van der Waals surface area contributed by atoms with Crippen molar-refractivity contribution < 1.29 is 5.11 Å². The van der Waals surface area contributed by atoms with Gasteiger partial charge >= 0.3 is 0 Å². The lowest BCUT2D eigenvalue weighted by molar-refractivity contribution is 0.0617. The molecule has 4 nitrogen and oxygen atoms in total. The van der Waals surface area contributed by atoms with E-state index in [0.717, 1.165) is 5.56 Å². The Bertz CT molecular complexity index is 352. The molecule has 0 aromatic heterocycles. The minimum absolute atomic E-state index is 0. The smallest absolute Gasteiger partial charge is 0.190 e. The third-order valence-electron chi connectivity index (χ3n) is 2.46. The summed E-state index contributed by atoms with van der Waals surface area (Å²) in [5.74, 6) is 0.663. The normalized spacial score (nSPS) is 14.5. The van der Waals surface area contributed by atoms with E-state index in [-0.39, 0.29) is 24.0 Å². The predicted molar refractivity (Wildman–Crippen MR) is 81.8 cm³/mol. The number of hydrogen-bond donors (Lipinski definition) is 3.